The molecule has 0 radical (unpaired) electrons. The Morgan fingerprint density at radius 2 is 2.00 bits per heavy atom. The molecule has 0 aromatic carbocycles. The van der Waals surface area contributed by atoms with E-state index in [9.17, 15) is 0 Å². The average Bonchev–Trinajstić information content (AvgIpc) is 2.46. The molecule has 0 aliphatic carbocycles. The summed E-state index contributed by atoms with van der Waals surface area (Å²) in [6.07, 6.45) is 3.22. The summed E-state index contributed by atoms with van der Waals surface area (Å²) in [5, 5.41) is 8.83. The number of nitrogens with two attached hydrogens (primary N) is 1. The second-order valence-electron chi connectivity index (χ2n) is 4.12. The van der Waals surface area contributed by atoms with E-state index < -0.39 is 0 Å². The third-order valence-corrected chi connectivity index (χ3v) is 2.85. The Bertz CT molecular complexity index is 165. The van der Waals surface area contributed by atoms with E-state index in [0.29, 0.717) is 12.2 Å². The van der Waals surface area contributed by atoms with Crippen molar-refractivity contribution in [3.8, 4) is 0 Å². The fraction of sp³-hybridized carbons (Fsp3) is 1.00. The van der Waals surface area contributed by atoms with E-state index in [2.05, 4.69) is 4.90 Å². The molecule has 3 N–H and O–H groups in total. The minimum absolute atomic E-state index is 0.0761. The van der Waals surface area contributed by atoms with Gasteiger partial charge in [0.1, 0.15) is 0 Å². The highest BCUT2D eigenvalue weighted by Crippen LogP contribution is 2.25. The fourth-order valence-electron chi connectivity index (χ4n) is 2.24. The highest BCUT2D eigenvalue weighted by Gasteiger charge is 2.33. The molecular formula is C9H18N2O2. The number of fused-ring (bicyclic) bond motifs is 2. The van der Waals surface area contributed by atoms with Crippen LogP contribution in [0, 0.1) is 0 Å². The van der Waals surface area contributed by atoms with Crippen LogP contribution >= 0.6 is 0 Å². The molecule has 4 nitrogen and oxygen atoms in total. The Labute approximate surface area is 78.7 Å². The van der Waals surface area contributed by atoms with Gasteiger partial charge in [0.25, 0.3) is 0 Å². The minimum Gasteiger partial charge on any atom is -0.395 e. The molecule has 0 spiro atoms. The van der Waals surface area contributed by atoms with Crippen molar-refractivity contribution in [2.75, 3.05) is 26.2 Å². The molecule has 2 heterocycles. The SMILES string of the molecule is NC(CO)CN1CC2CCC(C1)O2. The number of likely N-dealkylation sites (tertiary alicyclic amines) is 1. The summed E-state index contributed by atoms with van der Waals surface area (Å²) in [6.45, 7) is 2.86. The molecule has 2 bridgehead atoms. The first-order chi connectivity index (χ1) is 6.28. The Morgan fingerprint density at radius 3 is 2.54 bits per heavy atom. The third-order valence-electron chi connectivity index (χ3n) is 2.85. The summed E-state index contributed by atoms with van der Waals surface area (Å²) >= 11 is 0. The maximum Gasteiger partial charge on any atom is 0.0707 e. The number of morpholine rings is 1. The smallest absolute Gasteiger partial charge is 0.0707 e. The van der Waals surface area contributed by atoms with Gasteiger partial charge in [-0.05, 0) is 12.8 Å². The molecule has 3 atom stereocenters. The van der Waals surface area contributed by atoms with Gasteiger partial charge in [-0.3, -0.25) is 4.90 Å². The first kappa shape index (κ1) is 9.40. The van der Waals surface area contributed by atoms with Gasteiger partial charge in [0.05, 0.1) is 18.8 Å². The summed E-state index contributed by atoms with van der Waals surface area (Å²) in [7, 11) is 0. The average molecular weight is 186 g/mol. The molecule has 0 saturated carbocycles. The summed E-state index contributed by atoms with van der Waals surface area (Å²) < 4.78 is 5.70. The number of nitrogens with zero attached hydrogens (tertiary/aromatic N) is 1. The molecule has 2 fully saturated rings. The summed E-state index contributed by atoms with van der Waals surface area (Å²) in [6, 6.07) is -0.0995. The van der Waals surface area contributed by atoms with Crippen LogP contribution in [0.25, 0.3) is 0 Å². The zero-order chi connectivity index (χ0) is 9.26. The maximum atomic E-state index is 8.83. The van der Waals surface area contributed by atoms with Crippen molar-refractivity contribution in [3.63, 3.8) is 0 Å². The van der Waals surface area contributed by atoms with Crippen LogP contribution in [0.2, 0.25) is 0 Å². The zero-order valence-electron chi connectivity index (χ0n) is 7.85. The number of ether oxygens (including phenoxy) is 1. The van der Waals surface area contributed by atoms with Gasteiger partial charge in [0, 0.05) is 25.7 Å². The van der Waals surface area contributed by atoms with Crippen molar-refractivity contribution in [2.24, 2.45) is 5.73 Å². The fourth-order valence-corrected chi connectivity index (χ4v) is 2.24. The molecule has 2 aliphatic heterocycles. The lowest BCUT2D eigenvalue weighted by atomic mass is 10.2. The lowest BCUT2D eigenvalue weighted by Gasteiger charge is -2.33. The van der Waals surface area contributed by atoms with Gasteiger partial charge in [-0.2, -0.15) is 0 Å². The van der Waals surface area contributed by atoms with Gasteiger partial charge >= 0.3 is 0 Å². The second kappa shape index (κ2) is 3.92. The largest absolute Gasteiger partial charge is 0.395 e. The van der Waals surface area contributed by atoms with E-state index >= 15 is 0 Å². The second-order valence-corrected chi connectivity index (χ2v) is 4.12. The Balaban J connectivity index is 1.81. The van der Waals surface area contributed by atoms with Crippen LogP contribution in [-0.4, -0.2) is 54.5 Å². The molecule has 3 unspecified atom stereocenters. The number of rotatable bonds is 3. The summed E-state index contributed by atoms with van der Waals surface area (Å²) in [4.78, 5) is 2.31. The number of hydrogen-bond donors (Lipinski definition) is 2. The Hall–Kier alpha value is -0.160. The Morgan fingerprint density at radius 1 is 1.38 bits per heavy atom. The maximum absolute atomic E-state index is 8.83. The van der Waals surface area contributed by atoms with E-state index in [1.807, 2.05) is 0 Å². The Kier molecular flexibility index (Phi) is 2.83. The van der Waals surface area contributed by atoms with Crippen LogP contribution in [-0.2, 0) is 4.74 Å². The zero-order valence-corrected chi connectivity index (χ0v) is 7.85. The van der Waals surface area contributed by atoms with Crippen molar-refractivity contribution in [1.29, 1.82) is 0 Å². The summed E-state index contributed by atoms with van der Waals surface area (Å²) in [5.74, 6) is 0. The molecular weight excluding hydrogens is 168 g/mol. The van der Waals surface area contributed by atoms with Crippen LogP contribution in [0.5, 0.6) is 0 Å². The molecule has 76 valence electrons. The molecule has 0 aromatic heterocycles. The van der Waals surface area contributed by atoms with Gasteiger partial charge < -0.3 is 15.6 Å². The topological polar surface area (TPSA) is 58.7 Å². The molecule has 0 aromatic rings. The number of aliphatic hydroxyl groups excluding tert-OH is 1. The van der Waals surface area contributed by atoms with Crippen LogP contribution in [0.1, 0.15) is 12.8 Å². The standard InChI is InChI=1S/C9H18N2O2/c10-7(6-12)3-11-4-8-1-2-9(5-11)13-8/h7-9,12H,1-6,10H2. The van der Waals surface area contributed by atoms with Gasteiger partial charge in [-0.25, -0.2) is 0 Å². The lowest BCUT2D eigenvalue weighted by Crippen LogP contribution is -2.48. The van der Waals surface area contributed by atoms with Gasteiger partial charge in [0.2, 0.25) is 0 Å². The highest BCUT2D eigenvalue weighted by molar-refractivity contribution is 4.85. The number of hydrogen-bond acceptors (Lipinski definition) is 4. The van der Waals surface area contributed by atoms with E-state index in [-0.39, 0.29) is 12.6 Å². The van der Waals surface area contributed by atoms with Crippen LogP contribution in [0.3, 0.4) is 0 Å². The molecule has 2 saturated heterocycles. The normalized spacial score (nSPS) is 36.5. The van der Waals surface area contributed by atoms with E-state index in [4.69, 9.17) is 15.6 Å². The molecule has 2 rings (SSSR count). The van der Waals surface area contributed by atoms with Crippen molar-refractivity contribution in [2.45, 2.75) is 31.1 Å². The monoisotopic (exact) mass is 186 g/mol. The predicted octanol–water partition coefficient (Wildman–Crippen LogP) is -0.831. The van der Waals surface area contributed by atoms with Crippen LogP contribution in [0.4, 0.5) is 0 Å². The first-order valence-corrected chi connectivity index (χ1v) is 5.02. The van der Waals surface area contributed by atoms with Crippen molar-refractivity contribution < 1.29 is 9.84 Å². The first-order valence-electron chi connectivity index (χ1n) is 5.02. The lowest BCUT2D eigenvalue weighted by molar-refractivity contribution is -0.0409. The molecule has 0 amide bonds. The van der Waals surface area contributed by atoms with Crippen molar-refractivity contribution >= 4 is 0 Å². The third kappa shape index (κ3) is 2.20. The van der Waals surface area contributed by atoms with Crippen molar-refractivity contribution in [3.05, 3.63) is 0 Å². The van der Waals surface area contributed by atoms with Gasteiger partial charge in [-0.15, -0.1) is 0 Å². The highest BCUT2D eigenvalue weighted by atomic mass is 16.5. The van der Waals surface area contributed by atoms with Crippen molar-refractivity contribution in [1.82, 2.24) is 4.90 Å². The molecule has 2 aliphatic rings. The predicted molar refractivity (Wildman–Crippen MR) is 49.4 cm³/mol. The van der Waals surface area contributed by atoms with E-state index in [1.54, 1.807) is 0 Å². The van der Waals surface area contributed by atoms with Crippen LogP contribution < -0.4 is 5.73 Å². The van der Waals surface area contributed by atoms with Crippen LogP contribution in [0.15, 0.2) is 0 Å². The van der Waals surface area contributed by atoms with Gasteiger partial charge in [0.15, 0.2) is 0 Å². The van der Waals surface area contributed by atoms with E-state index in [1.165, 1.54) is 12.8 Å². The molecule has 4 heteroatoms. The molecule has 13 heavy (non-hydrogen) atoms. The summed E-state index contributed by atoms with van der Waals surface area (Å²) in [5.41, 5.74) is 5.68. The minimum atomic E-state index is -0.0995. The quantitative estimate of drug-likeness (QED) is 0.604. The van der Waals surface area contributed by atoms with E-state index in [0.717, 1.165) is 19.6 Å². The van der Waals surface area contributed by atoms with Gasteiger partial charge in [-0.1, -0.05) is 0 Å². The number of aliphatic hydroxyl groups is 1.